The molecule has 1 N–H and O–H groups in total. The number of carboxylic acid groups (broad SMARTS) is 1. The molecule has 9 heteroatoms. The zero-order valence-electron chi connectivity index (χ0n) is 22.7. The highest BCUT2D eigenvalue weighted by Gasteiger charge is 2.40. The van der Waals surface area contributed by atoms with Gasteiger partial charge in [-0.25, -0.2) is 4.79 Å². The van der Waals surface area contributed by atoms with Crippen molar-refractivity contribution < 1.29 is 19.4 Å². The topological polar surface area (TPSA) is 84.2 Å². The summed E-state index contributed by atoms with van der Waals surface area (Å²) in [4.78, 5) is 29.3. The van der Waals surface area contributed by atoms with Gasteiger partial charge in [0.25, 0.3) is 5.56 Å². The van der Waals surface area contributed by atoms with E-state index in [1.165, 1.54) is 0 Å². The van der Waals surface area contributed by atoms with Gasteiger partial charge < -0.3 is 24.0 Å². The second kappa shape index (κ2) is 11.1. The molecule has 3 heterocycles. The number of likely N-dealkylation sites (tertiary alicyclic amines) is 1. The molecule has 0 saturated carbocycles. The zero-order valence-corrected chi connectivity index (χ0v) is 23.5. The van der Waals surface area contributed by atoms with E-state index < -0.39 is 6.09 Å². The van der Waals surface area contributed by atoms with Crippen molar-refractivity contribution in [3.63, 3.8) is 0 Å². The highest BCUT2D eigenvalue weighted by molar-refractivity contribution is 6.35. The van der Waals surface area contributed by atoms with Crippen LogP contribution in [0.3, 0.4) is 0 Å². The normalized spacial score (nSPS) is 17.2. The minimum atomic E-state index is -0.914. The molecule has 0 bridgehead atoms. The fourth-order valence-corrected chi connectivity index (χ4v) is 6.20. The van der Waals surface area contributed by atoms with E-state index in [0.717, 1.165) is 42.4 Å². The van der Waals surface area contributed by atoms with Crippen molar-refractivity contribution in [1.82, 2.24) is 14.4 Å². The van der Waals surface area contributed by atoms with Crippen LogP contribution < -0.4 is 15.0 Å². The molecule has 2 aromatic carbocycles. The first-order valence-corrected chi connectivity index (χ1v) is 13.9. The average molecular weight is 554 g/mol. The van der Waals surface area contributed by atoms with Crippen LogP contribution in [0.15, 0.2) is 53.3 Å². The molecule has 1 atom stereocenters. The zero-order chi connectivity index (χ0) is 27.7. The van der Waals surface area contributed by atoms with Gasteiger partial charge >= 0.3 is 6.09 Å². The van der Waals surface area contributed by atoms with E-state index in [1.807, 2.05) is 36.4 Å². The molecule has 1 saturated heterocycles. The summed E-state index contributed by atoms with van der Waals surface area (Å²) >= 11 is 6.35. The van der Waals surface area contributed by atoms with Gasteiger partial charge in [0, 0.05) is 48.7 Å². The third-order valence-electron chi connectivity index (χ3n) is 7.77. The van der Waals surface area contributed by atoms with Crippen molar-refractivity contribution in [3.05, 3.63) is 69.5 Å². The molecule has 0 aliphatic carbocycles. The number of amides is 1. The molecule has 0 spiro atoms. The number of nitrogens with zero attached hydrogens (tertiary/aromatic N) is 3. The lowest BCUT2D eigenvalue weighted by atomic mass is 9.80. The number of benzene rings is 2. The highest BCUT2D eigenvalue weighted by atomic mass is 35.5. The molecule has 0 radical (unpaired) electrons. The van der Waals surface area contributed by atoms with E-state index in [1.54, 1.807) is 21.6 Å². The number of hydrogen-bond donors (Lipinski definition) is 1. The number of rotatable bonds is 6. The van der Waals surface area contributed by atoms with Crippen LogP contribution in [0.5, 0.6) is 11.5 Å². The van der Waals surface area contributed by atoms with Gasteiger partial charge in [-0.05, 0) is 54.2 Å². The lowest BCUT2D eigenvalue weighted by Crippen LogP contribution is -2.51. The summed E-state index contributed by atoms with van der Waals surface area (Å²) in [5.74, 6) is 1.36. The second-order valence-electron chi connectivity index (χ2n) is 11.4. The predicted molar refractivity (Wildman–Crippen MR) is 152 cm³/mol. The lowest BCUT2D eigenvalue weighted by Gasteiger charge is -2.45. The molecule has 1 aromatic heterocycles. The second-order valence-corrected chi connectivity index (χ2v) is 11.8. The van der Waals surface area contributed by atoms with E-state index in [0.29, 0.717) is 42.8 Å². The van der Waals surface area contributed by atoms with Crippen LogP contribution in [0.25, 0.3) is 10.9 Å². The summed E-state index contributed by atoms with van der Waals surface area (Å²) in [5, 5.41) is 11.9. The fourth-order valence-electron chi connectivity index (χ4n) is 5.97. The quantitative estimate of drug-likeness (QED) is 0.424. The monoisotopic (exact) mass is 553 g/mol. The molecule has 1 amide bonds. The Morgan fingerprint density at radius 1 is 1.05 bits per heavy atom. The molecule has 3 aromatic rings. The highest BCUT2D eigenvalue weighted by Crippen LogP contribution is 2.43. The van der Waals surface area contributed by atoms with Crippen molar-refractivity contribution >= 4 is 28.6 Å². The summed E-state index contributed by atoms with van der Waals surface area (Å²) in [6.07, 6.45) is 0.529. The third kappa shape index (κ3) is 5.72. The summed E-state index contributed by atoms with van der Waals surface area (Å²) < 4.78 is 13.3. The first-order valence-electron chi connectivity index (χ1n) is 13.5. The number of hydrogen-bond acceptors (Lipinski definition) is 5. The van der Waals surface area contributed by atoms with Crippen LogP contribution >= 0.6 is 11.6 Å². The molecular formula is C30H36ClN3O5. The standard InChI is InChI=1S/C30H36ClN3O5/c1-30(2,3)28(20-7-9-25-26(19-20)39-18-17-38-25)34(29(36)37)21-11-13-32(14-12-21)15-16-33-24-6-4-5-23(31)22(24)8-10-27(33)35/h4-10,19,21,28H,11-18H2,1-3H3,(H,36,37). The number of aromatic nitrogens is 1. The largest absolute Gasteiger partial charge is 0.486 e. The minimum Gasteiger partial charge on any atom is -0.486 e. The van der Waals surface area contributed by atoms with Crippen LogP contribution in [0.4, 0.5) is 4.79 Å². The van der Waals surface area contributed by atoms with Crippen LogP contribution in [-0.4, -0.2) is 64.5 Å². The molecule has 39 heavy (non-hydrogen) atoms. The van der Waals surface area contributed by atoms with Crippen molar-refractivity contribution in [2.24, 2.45) is 5.41 Å². The SMILES string of the molecule is CC(C)(C)C(c1ccc2c(c1)OCCO2)N(C(=O)O)C1CCN(CCn2c(=O)ccc3c(Cl)cccc32)CC1. The van der Waals surface area contributed by atoms with Gasteiger partial charge in [-0.3, -0.25) is 9.69 Å². The van der Waals surface area contributed by atoms with Crippen molar-refractivity contribution in [3.8, 4) is 11.5 Å². The van der Waals surface area contributed by atoms with Crippen LogP contribution in [0.2, 0.25) is 5.02 Å². The number of fused-ring (bicyclic) bond motifs is 2. The molecule has 5 rings (SSSR count). The van der Waals surface area contributed by atoms with E-state index in [4.69, 9.17) is 21.1 Å². The van der Waals surface area contributed by atoms with Gasteiger partial charge in [0.2, 0.25) is 0 Å². The summed E-state index contributed by atoms with van der Waals surface area (Å²) in [7, 11) is 0. The Balaban J connectivity index is 1.31. The Morgan fingerprint density at radius 3 is 2.46 bits per heavy atom. The van der Waals surface area contributed by atoms with Crippen molar-refractivity contribution in [1.29, 1.82) is 0 Å². The van der Waals surface area contributed by atoms with Gasteiger partial charge in [0.05, 0.1) is 11.6 Å². The summed E-state index contributed by atoms with van der Waals surface area (Å²) in [5.41, 5.74) is 1.35. The van der Waals surface area contributed by atoms with Crippen LogP contribution in [-0.2, 0) is 6.54 Å². The number of halogens is 1. The Kier molecular flexibility index (Phi) is 7.78. The summed E-state index contributed by atoms with van der Waals surface area (Å²) in [6, 6.07) is 14.3. The smallest absolute Gasteiger partial charge is 0.408 e. The van der Waals surface area contributed by atoms with E-state index >= 15 is 0 Å². The number of piperidine rings is 1. The van der Waals surface area contributed by atoms with Gasteiger partial charge in [0.1, 0.15) is 13.2 Å². The molecule has 208 valence electrons. The van der Waals surface area contributed by atoms with E-state index in [2.05, 4.69) is 25.7 Å². The number of pyridine rings is 1. The number of carbonyl (C=O) groups is 1. The molecular weight excluding hydrogens is 518 g/mol. The van der Waals surface area contributed by atoms with Crippen LogP contribution in [0, 0.1) is 5.41 Å². The van der Waals surface area contributed by atoms with Crippen molar-refractivity contribution in [2.75, 3.05) is 32.8 Å². The summed E-state index contributed by atoms with van der Waals surface area (Å²) in [6.45, 7) is 9.99. The van der Waals surface area contributed by atoms with Gasteiger partial charge in [-0.15, -0.1) is 0 Å². The average Bonchev–Trinajstić information content (AvgIpc) is 2.90. The maximum atomic E-state index is 12.7. The third-order valence-corrected chi connectivity index (χ3v) is 8.10. The number of ether oxygens (including phenoxy) is 2. The maximum Gasteiger partial charge on any atom is 0.408 e. The predicted octanol–water partition coefficient (Wildman–Crippen LogP) is 5.66. The first kappa shape index (κ1) is 27.3. The Morgan fingerprint density at radius 2 is 1.77 bits per heavy atom. The molecule has 1 fully saturated rings. The van der Waals surface area contributed by atoms with Crippen molar-refractivity contribution in [2.45, 2.75) is 52.2 Å². The van der Waals surface area contributed by atoms with Gasteiger partial charge in [0.15, 0.2) is 11.5 Å². The molecule has 1 unspecified atom stereocenters. The minimum absolute atomic E-state index is 0.0517. The lowest BCUT2D eigenvalue weighted by molar-refractivity contribution is 0.0291. The Hall–Kier alpha value is -3.23. The Bertz CT molecular complexity index is 1410. The molecule has 2 aliphatic heterocycles. The Labute approximate surface area is 233 Å². The van der Waals surface area contributed by atoms with E-state index in [9.17, 15) is 14.7 Å². The van der Waals surface area contributed by atoms with Crippen LogP contribution in [0.1, 0.15) is 45.2 Å². The maximum absolute atomic E-state index is 12.7. The van der Waals surface area contributed by atoms with Gasteiger partial charge in [-0.2, -0.15) is 0 Å². The fraction of sp³-hybridized carbons (Fsp3) is 0.467. The molecule has 8 nitrogen and oxygen atoms in total. The molecule has 2 aliphatic rings. The van der Waals surface area contributed by atoms with Gasteiger partial charge in [-0.1, -0.05) is 44.5 Å². The first-order chi connectivity index (χ1) is 18.6. The van der Waals surface area contributed by atoms with E-state index in [-0.39, 0.29) is 23.1 Å².